The van der Waals surface area contributed by atoms with E-state index in [9.17, 15) is 9.59 Å². The largest absolute Gasteiger partial charge is 0.444 e. The van der Waals surface area contributed by atoms with Gasteiger partial charge in [-0.2, -0.15) is 0 Å². The van der Waals surface area contributed by atoms with Gasteiger partial charge in [0.25, 0.3) is 0 Å². The molecule has 3 N–H and O–H groups in total. The zero-order chi connectivity index (χ0) is 17.5. The lowest BCUT2D eigenvalue weighted by Gasteiger charge is -2.19. The first-order valence-corrected chi connectivity index (χ1v) is 7.76. The standard InChI is InChI=1S/C17H27N3O3/c1-12-7-8-14(11-15(12)20-13(2)21)18-9-6-10-19-16(22)23-17(3,4)5/h7-8,11,18H,6,9-10H2,1-5H3,(H,19,22)(H,20,21). The second-order valence-corrected chi connectivity index (χ2v) is 6.42. The number of rotatable bonds is 6. The lowest BCUT2D eigenvalue weighted by atomic mass is 10.1. The Hall–Kier alpha value is -2.24. The van der Waals surface area contributed by atoms with Gasteiger partial charge in [-0.05, 0) is 51.8 Å². The first kappa shape index (κ1) is 18.8. The molecule has 0 aliphatic carbocycles. The van der Waals surface area contributed by atoms with E-state index in [0.29, 0.717) is 13.1 Å². The molecule has 0 bridgehead atoms. The van der Waals surface area contributed by atoms with Gasteiger partial charge >= 0.3 is 6.09 Å². The Balaban J connectivity index is 2.33. The van der Waals surface area contributed by atoms with Crippen LogP contribution in [0.25, 0.3) is 0 Å². The number of hydrogen-bond donors (Lipinski definition) is 3. The number of carbonyl (C=O) groups excluding carboxylic acids is 2. The van der Waals surface area contributed by atoms with Crippen molar-refractivity contribution in [3.8, 4) is 0 Å². The second-order valence-electron chi connectivity index (χ2n) is 6.42. The van der Waals surface area contributed by atoms with Crippen LogP contribution in [-0.2, 0) is 9.53 Å². The van der Waals surface area contributed by atoms with E-state index in [2.05, 4.69) is 16.0 Å². The Morgan fingerprint density at radius 2 is 1.87 bits per heavy atom. The molecule has 0 saturated heterocycles. The molecule has 0 spiro atoms. The Labute approximate surface area is 138 Å². The predicted octanol–water partition coefficient (Wildman–Crippen LogP) is 3.28. The first-order valence-electron chi connectivity index (χ1n) is 7.76. The number of nitrogens with one attached hydrogen (secondary N) is 3. The van der Waals surface area contributed by atoms with Crippen molar-refractivity contribution in [1.82, 2.24) is 5.32 Å². The van der Waals surface area contributed by atoms with Gasteiger partial charge in [0.1, 0.15) is 5.60 Å². The fraction of sp³-hybridized carbons (Fsp3) is 0.529. The number of carbonyl (C=O) groups is 2. The van der Waals surface area contributed by atoms with Crippen molar-refractivity contribution >= 4 is 23.4 Å². The fourth-order valence-corrected chi connectivity index (χ4v) is 1.88. The van der Waals surface area contributed by atoms with Gasteiger partial charge in [-0.3, -0.25) is 4.79 Å². The highest BCUT2D eigenvalue weighted by molar-refractivity contribution is 5.90. The molecule has 1 aromatic rings. The third-order valence-corrected chi connectivity index (χ3v) is 2.90. The number of alkyl carbamates (subject to hydrolysis) is 1. The number of aryl methyl sites for hydroxylation is 1. The molecular formula is C17H27N3O3. The van der Waals surface area contributed by atoms with Gasteiger partial charge in [0, 0.05) is 31.4 Å². The third-order valence-electron chi connectivity index (χ3n) is 2.90. The Morgan fingerprint density at radius 3 is 2.48 bits per heavy atom. The maximum absolute atomic E-state index is 11.5. The van der Waals surface area contributed by atoms with Crippen molar-refractivity contribution in [2.45, 2.75) is 46.6 Å². The van der Waals surface area contributed by atoms with Crippen LogP contribution in [0.1, 0.15) is 39.7 Å². The minimum atomic E-state index is -0.482. The minimum absolute atomic E-state index is 0.0909. The van der Waals surface area contributed by atoms with E-state index in [1.807, 2.05) is 45.9 Å². The molecule has 23 heavy (non-hydrogen) atoms. The second kappa shape index (κ2) is 8.41. The number of amides is 2. The van der Waals surface area contributed by atoms with Crippen molar-refractivity contribution in [2.24, 2.45) is 0 Å². The molecule has 128 valence electrons. The third kappa shape index (κ3) is 8.09. The number of hydrogen-bond acceptors (Lipinski definition) is 4. The summed E-state index contributed by atoms with van der Waals surface area (Å²) in [7, 11) is 0. The normalized spacial score (nSPS) is 10.8. The summed E-state index contributed by atoms with van der Waals surface area (Å²) in [6, 6.07) is 5.81. The van der Waals surface area contributed by atoms with Gasteiger partial charge in [-0.1, -0.05) is 6.07 Å². The molecule has 0 aliphatic rings. The van der Waals surface area contributed by atoms with Crippen LogP contribution in [0.5, 0.6) is 0 Å². The van der Waals surface area contributed by atoms with Gasteiger partial charge < -0.3 is 20.7 Å². The van der Waals surface area contributed by atoms with Crippen molar-refractivity contribution in [2.75, 3.05) is 23.7 Å². The maximum atomic E-state index is 11.5. The van der Waals surface area contributed by atoms with Crippen LogP contribution in [0.4, 0.5) is 16.2 Å². The smallest absolute Gasteiger partial charge is 0.407 e. The minimum Gasteiger partial charge on any atom is -0.444 e. The van der Waals surface area contributed by atoms with Crippen LogP contribution in [-0.4, -0.2) is 30.7 Å². The average Bonchev–Trinajstić information content (AvgIpc) is 2.39. The van der Waals surface area contributed by atoms with Crippen molar-refractivity contribution < 1.29 is 14.3 Å². The van der Waals surface area contributed by atoms with Crippen LogP contribution in [0, 0.1) is 6.92 Å². The van der Waals surface area contributed by atoms with Crippen molar-refractivity contribution in [3.63, 3.8) is 0 Å². The molecule has 2 amide bonds. The fourth-order valence-electron chi connectivity index (χ4n) is 1.88. The SMILES string of the molecule is CC(=O)Nc1cc(NCCCNC(=O)OC(C)(C)C)ccc1C. The molecule has 1 aromatic carbocycles. The molecule has 6 nitrogen and oxygen atoms in total. The zero-order valence-electron chi connectivity index (χ0n) is 14.6. The van der Waals surface area contributed by atoms with Crippen LogP contribution < -0.4 is 16.0 Å². The van der Waals surface area contributed by atoms with E-state index in [-0.39, 0.29) is 5.91 Å². The van der Waals surface area contributed by atoms with Crippen LogP contribution in [0.3, 0.4) is 0 Å². The molecule has 0 unspecified atom stereocenters. The molecule has 0 radical (unpaired) electrons. The number of benzene rings is 1. The molecule has 0 aliphatic heterocycles. The van der Waals surface area contributed by atoms with E-state index in [1.54, 1.807) is 0 Å². The topological polar surface area (TPSA) is 79.5 Å². The van der Waals surface area contributed by atoms with Crippen molar-refractivity contribution in [1.29, 1.82) is 0 Å². The highest BCUT2D eigenvalue weighted by atomic mass is 16.6. The monoisotopic (exact) mass is 321 g/mol. The summed E-state index contributed by atoms with van der Waals surface area (Å²) in [6.45, 7) is 10.2. The van der Waals surface area contributed by atoms with Crippen molar-refractivity contribution in [3.05, 3.63) is 23.8 Å². The first-order chi connectivity index (χ1) is 10.7. The summed E-state index contributed by atoms with van der Waals surface area (Å²) in [4.78, 5) is 22.6. The zero-order valence-corrected chi connectivity index (χ0v) is 14.6. The quantitative estimate of drug-likeness (QED) is 0.703. The summed E-state index contributed by atoms with van der Waals surface area (Å²) in [5.41, 5.74) is 2.26. The molecule has 0 fully saturated rings. The molecule has 0 heterocycles. The van der Waals surface area contributed by atoms with E-state index in [4.69, 9.17) is 4.74 Å². The maximum Gasteiger partial charge on any atom is 0.407 e. The van der Waals surface area contributed by atoms with Gasteiger partial charge in [0.2, 0.25) is 5.91 Å². The van der Waals surface area contributed by atoms with Crippen LogP contribution >= 0.6 is 0 Å². The van der Waals surface area contributed by atoms with Gasteiger partial charge in [0.05, 0.1) is 0 Å². The van der Waals surface area contributed by atoms with Crippen LogP contribution in [0.2, 0.25) is 0 Å². The summed E-state index contributed by atoms with van der Waals surface area (Å²) in [5, 5.41) is 8.78. The molecule has 0 saturated carbocycles. The molecule has 0 atom stereocenters. The average molecular weight is 321 g/mol. The molecule has 6 heteroatoms. The van der Waals surface area contributed by atoms with Gasteiger partial charge in [0.15, 0.2) is 0 Å². The van der Waals surface area contributed by atoms with E-state index in [1.165, 1.54) is 6.92 Å². The lowest BCUT2D eigenvalue weighted by molar-refractivity contribution is -0.114. The van der Waals surface area contributed by atoms with E-state index in [0.717, 1.165) is 23.4 Å². The van der Waals surface area contributed by atoms with Gasteiger partial charge in [-0.25, -0.2) is 4.79 Å². The Morgan fingerprint density at radius 1 is 1.17 bits per heavy atom. The Kier molecular flexibility index (Phi) is 6.88. The van der Waals surface area contributed by atoms with Gasteiger partial charge in [-0.15, -0.1) is 0 Å². The highest BCUT2D eigenvalue weighted by Crippen LogP contribution is 2.20. The number of anilines is 2. The summed E-state index contributed by atoms with van der Waals surface area (Å²) >= 11 is 0. The van der Waals surface area contributed by atoms with E-state index < -0.39 is 11.7 Å². The molecule has 0 aromatic heterocycles. The summed E-state index contributed by atoms with van der Waals surface area (Å²) in [5.74, 6) is -0.0909. The molecular weight excluding hydrogens is 294 g/mol. The summed E-state index contributed by atoms with van der Waals surface area (Å²) < 4.78 is 5.16. The van der Waals surface area contributed by atoms with E-state index >= 15 is 0 Å². The number of ether oxygens (including phenoxy) is 1. The lowest BCUT2D eigenvalue weighted by Crippen LogP contribution is -2.33. The highest BCUT2D eigenvalue weighted by Gasteiger charge is 2.15. The van der Waals surface area contributed by atoms with Crippen LogP contribution in [0.15, 0.2) is 18.2 Å². The molecule has 1 rings (SSSR count). The summed E-state index contributed by atoms with van der Waals surface area (Å²) in [6.07, 6.45) is 0.364. The predicted molar refractivity (Wildman–Crippen MR) is 92.8 cm³/mol. The Bertz CT molecular complexity index is 551.